The van der Waals surface area contributed by atoms with Gasteiger partial charge in [0.25, 0.3) is 0 Å². The predicted molar refractivity (Wildman–Crippen MR) is 88.0 cm³/mol. The van der Waals surface area contributed by atoms with Gasteiger partial charge in [-0.2, -0.15) is 0 Å². The molecule has 8 heteroatoms. The summed E-state index contributed by atoms with van der Waals surface area (Å²) in [5, 5.41) is 3.09. The standard InChI is InChI=1S/C15H23ClN4O3/c1-15(2,3)23-14(21)17-5-4-12-18-11(16)10-13(19-12)20-6-8-22-9-7-20/h10H,4-9H2,1-3H3,(H,17,21). The quantitative estimate of drug-likeness (QED) is 0.844. The number of morpholine rings is 1. The fraction of sp³-hybridized carbons (Fsp3) is 0.667. The number of carbonyl (C=O) groups excluding carboxylic acids is 1. The van der Waals surface area contributed by atoms with Crippen LogP contribution in [-0.2, 0) is 15.9 Å². The minimum absolute atomic E-state index is 0.387. The third-order valence-corrected chi connectivity index (χ3v) is 3.27. The summed E-state index contributed by atoms with van der Waals surface area (Å²) in [5.41, 5.74) is -0.514. The molecule has 1 aromatic heterocycles. The number of ether oxygens (including phenoxy) is 2. The predicted octanol–water partition coefficient (Wildman–Crippen LogP) is 2.03. The van der Waals surface area contributed by atoms with Gasteiger partial charge in [0.2, 0.25) is 0 Å². The normalized spacial score (nSPS) is 15.4. The van der Waals surface area contributed by atoms with E-state index in [1.165, 1.54) is 0 Å². The summed E-state index contributed by atoms with van der Waals surface area (Å²) < 4.78 is 10.5. The zero-order valence-electron chi connectivity index (χ0n) is 13.8. The van der Waals surface area contributed by atoms with Crippen molar-refractivity contribution in [2.75, 3.05) is 37.7 Å². The van der Waals surface area contributed by atoms with Crippen LogP contribution >= 0.6 is 11.6 Å². The summed E-state index contributed by atoms with van der Waals surface area (Å²) in [6.45, 7) is 8.77. The number of amides is 1. The van der Waals surface area contributed by atoms with Crippen LogP contribution in [0.2, 0.25) is 5.15 Å². The number of hydrogen-bond donors (Lipinski definition) is 1. The van der Waals surface area contributed by atoms with Crippen LogP contribution in [0.4, 0.5) is 10.6 Å². The molecule has 1 aromatic rings. The fourth-order valence-electron chi connectivity index (χ4n) is 2.11. The van der Waals surface area contributed by atoms with Gasteiger partial charge in [-0.1, -0.05) is 11.6 Å². The molecule has 0 unspecified atom stereocenters. The van der Waals surface area contributed by atoms with Crippen molar-refractivity contribution in [1.29, 1.82) is 0 Å². The minimum Gasteiger partial charge on any atom is -0.444 e. The number of hydrogen-bond acceptors (Lipinski definition) is 6. The van der Waals surface area contributed by atoms with Gasteiger partial charge in [0.05, 0.1) is 13.2 Å². The van der Waals surface area contributed by atoms with E-state index in [-0.39, 0.29) is 0 Å². The van der Waals surface area contributed by atoms with E-state index in [0.717, 1.165) is 18.9 Å². The summed E-state index contributed by atoms with van der Waals surface area (Å²) >= 11 is 6.08. The number of anilines is 1. The van der Waals surface area contributed by atoms with Gasteiger partial charge in [-0.25, -0.2) is 14.8 Å². The molecular weight excluding hydrogens is 320 g/mol. The average Bonchev–Trinajstić information content (AvgIpc) is 2.46. The number of nitrogens with zero attached hydrogens (tertiary/aromatic N) is 3. The lowest BCUT2D eigenvalue weighted by molar-refractivity contribution is 0.0528. The lowest BCUT2D eigenvalue weighted by atomic mass is 10.2. The Labute approximate surface area is 141 Å². The molecule has 1 N–H and O–H groups in total. The highest BCUT2D eigenvalue weighted by atomic mass is 35.5. The van der Waals surface area contributed by atoms with E-state index in [1.54, 1.807) is 6.07 Å². The van der Waals surface area contributed by atoms with Gasteiger partial charge >= 0.3 is 6.09 Å². The Morgan fingerprint density at radius 1 is 1.39 bits per heavy atom. The van der Waals surface area contributed by atoms with Gasteiger partial charge < -0.3 is 19.7 Å². The van der Waals surface area contributed by atoms with E-state index >= 15 is 0 Å². The molecule has 128 valence electrons. The molecule has 1 saturated heterocycles. The number of rotatable bonds is 4. The van der Waals surface area contributed by atoms with E-state index in [4.69, 9.17) is 21.1 Å². The zero-order valence-corrected chi connectivity index (χ0v) is 14.5. The van der Waals surface area contributed by atoms with E-state index in [9.17, 15) is 4.79 Å². The van der Waals surface area contributed by atoms with Crippen molar-refractivity contribution in [1.82, 2.24) is 15.3 Å². The van der Waals surface area contributed by atoms with E-state index in [0.29, 0.717) is 37.2 Å². The average molecular weight is 343 g/mol. The Morgan fingerprint density at radius 2 is 2.09 bits per heavy atom. The Hall–Kier alpha value is -1.60. The molecule has 0 bridgehead atoms. The zero-order chi connectivity index (χ0) is 16.9. The summed E-state index contributed by atoms with van der Waals surface area (Å²) in [4.78, 5) is 22.4. The SMILES string of the molecule is CC(C)(C)OC(=O)NCCc1nc(Cl)cc(N2CCOCC2)n1. The van der Waals surface area contributed by atoms with Gasteiger partial charge in [0.15, 0.2) is 0 Å². The first-order chi connectivity index (χ1) is 10.8. The van der Waals surface area contributed by atoms with Crippen molar-refractivity contribution >= 4 is 23.5 Å². The van der Waals surface area contributed by atoms with E-state index < -0.39 is 11.7 Å². The number of halogens is 1. The molecule has 7 nitrogen and oxygen atoms in total. The van der Waals surface area contributed by atoms with Gasteiger partial charge in [-0.05, 0) is 20.8 Å². The van der Waals surface area contributed by atoms with E-state index in [1.807, 2.05) is 20.8 Å². The van der Waals surface area contributed by atoms with Crippen molar-refractivity contribution in [2.24, 2.45) is 0 Å². The lowest BCUT2D eigenvalue weighted by Crippen LogP contribution is -2.37. The van der Waals surface area contributed by atoms with Crippen LogP contribution in [0.5, 0.6) is 0 Å². The Morgan fingerprint density at radius 3 is 2.74 bits per heavy atom. The number of alkyl carbamates (subject to hydrolysis) is 1. The van der Waals surface area contributed by atoms with Crippen LogP contribution in [0.15, 0.2) is 6.07 Å². The number of nitrogens with one attached hydrogen (secondary N) is 1. The minimum atomic E-state index is -0.514. The van der Waals surface area contributed by atoms with Crippen molar-refractivity contribution < 1.29 is 14.3 Å². The Balaban J connectivity index is 1.90. The topological polar surface area (TPSA) is 76.6 Å². The third kappa shape index (κ3) is 6.19. The lowest BCUT2D eigenvalue weighted by Gasteiger charge is -2.28. The van der Waals surface area contributed by atoms with E-state index in [2.05, 4.69) is 20.2 Å². The molecule has 1 aliphatic heterocycles. The van der Waals surface area contributed by atoms with Gasteiger partial charge in [0, 0.05) is 32.1 Å². The van der Waals surface area contributed by atoms with Crippen LogP contribution in [0.25, 0.3) is 0 Å². The largest absolute Gasteiger partial charge is 0.444 e. The van der Waals surface area contributed by atoms with Gasteiger partial charge in [-0.15, -0.1) is 0 Å². The van der Waals surface area contributed by atoms with Gasteiger partial charge in [-0.3, -0.25) is 0 Å². The Bertz CT molecular complexity index is 542. The highest BCUT2D eigenvalue weighted by Gasteiger charge is 2.17. The molecule has 0 saturated carbocycles. The maximum Gasteiger partial charge on any atom is 0.407 e. The van der Waals surface area contributed by atoms with Crippen LogP contribution in [0.3, 0.4) is 0 Å². The summed E-state index contributed by atoms with van der Waals surface area (Å²) in [5.74, 6) is 1.38. The number of carbonyl (C=O) groups is 1. The summed E-state index contributed by atoms with van der Waals surface area (Å²) in [7, 11) is 0. The molecule has 0 aliphatic carbocycles. The monoisotopic (exact) mass is 342 g/mol. The molecule has 1 fully saturated rings. The maximum atomic E-state index is 11.6. The van der Waals surface area contributed by atoms with Crippen molar-refractivity contribution in [2.45, 2.75) is 32.8 Å². The molecule has 1 amide bonds. The van der Waals surface area contributed by atoms with Crippen LogP contribution < -0.4 is 10.2 Å². The molecule has 1 aliphatic rings. The fourth-order valence-corrected chi connectivity index (χ4v) is 2.30. The molecule has 0 atom stereocenters. The molecule has 0 aromatic carbocycles. The molecule has 0 radical (unpaired) electrons. The highest BCUT2D eigenvalue weighted by molar-refractivity contribution is 6.29. The molecular formula is C15H23ClN4O3. The van der Waals surface area contributed by atoms with Gasteiger partial charge in [0.1, 0.15) is 22.4 Å². The molecule has 2 rings (SSSR count). The maximum absolute atomic E-state index is 11.6. The second-order valence-corrected chi connectivity index (χ2v) is 6.63. The van der Waals surface area contributed by atoms with Crippen LogP contribution in [0.1, 0.15) is 26.6 Å². The Kier molecular flexibility index (Phi) is 6.01. The number of aromatic nitrogens is 2. The molecule has 2 heterocycles. The van der Waals surface area contributed by atoms with Crippen LogP contribution in [-0.4, -0.2) is 54.5 Å². The summed E-state index contributed by atoms with van der Waals surface area (Å²) in [6.07, 6.45) is 0.0323. The molecule has 0 spiro atoms. The third-order valence-electron chi connectivity index (χ3n) is 3.08. The van der Waals surface area contributed by atoms with Crippen LogP contribution in [0, 0.1) is 0 Å². The molecule has 23 heavy (non-hydrogen) atoms. The van der Waals surface area contributed by atoms with Crippen molar-refractivity contribution in [3.63, 3.8) is 0 Å². The summed E-state index contributed by atoms with van der Waals surface area (Å²) in [6, 6.07) is 1.75. The first kappa shape index (κ1) is 17.7. The van der Waals surface area contributed by atoms with Crippen molar-refractivity contribution in [3.8, 4) is 0 Å². The first-order valence-corrected chi connectivity index (χ1v) is 8.04. The smallest absolute Gasteiger partial charge is 0.407 e. The first-order valence-electron chi connectivity index (χ1n) is 7.66. The second kappa shape index (κ2) is 7.79. The highest BCUT2D eigenvalue weighted by Crippen LogP contribution is 2.17. The second-order valence-electron chi connectivity index (χ2n) is 6.24. The van der Waals surface area contributed by atoms with Crippen molar-refractivity contribution in [3.05, 3.63) is 17.0 Å².